The minimum absolute atomic E-state index is 0.0431. The topological polar surface area (TPSA) is 76.1 Å². The number of carbonyl (C=O) groups is 2. The molecule has 2 fully saturated rings. The molecule has 2 atom stereocenters. The van der Waals surface area contributed by atoms with Gasteiger partial charge < -0.3 is 19.5 Å². The summed E-state index contributed by atoms with van der Waals surface area (Å²) in [5, 5.41) is 11.7. The predicted molar refractivity (Wildman–Crippen MR) is 122 cm³/mol. The third-order valence-corrected chi connectivity index (χ3v) is 5.88. The van der Waals surface area contributed by atoms with Gasteiger partial charge in [-0.15, -0.1) is 0 Å². The summed E-state index contributed by atoms with van der Waals surface area (Å²) in [5.74, 6) is -1.01. The van der Waals surface area contributed by atoms with Crippen LogP contribution >= 0.6 is 11.6 Å². The summed E-state index contributed by atoms with van der Waals surface area (Å²) in [6.07, 6.45) is 1.57. The van der Waals surface area contributed by atoms with E-state index in [2.05, 4.69) is 0 Å². The Balaban J connectivity index is 1.79. The van der Waals surface area contributed by atoms with Crippen LogP contribution in [0.15, 0.2) is 54.1 Å². The number of amides is 1. The molecule has 0 saturated carbocycles. The molecule has 6 nitrogen and oxygen atoms in total. The predicted octanol–water partition coefficient (Wildman–Crippen LogP) is 4.73. The minimum Gasteiger partial charge on any atom is -0.507 e. The summed E-state index contributed by atoms with van der Waals surface area (Å²) in [7, 11) is 0. The van der Waals surface area contributed by atoms with Crippen LogP contribution in [0.3, 0.4) is 0 Å². The summed E-state index contributed by atoms with van der Waals surface area (Å²) in [6, 6.07) is 13.1. The molecule has 0 aromatic heterocycles. The van der Waals surface area contributed by atoms with E-state index in [1.807, 2.05) is 13.8 Å². The van der Waals surface area contributed by atoms with Gasteiger partial charge in [-0.2, -0.15) is 0 Å². The highest BCUT2D eigenvalue weighted by atomic mass is 35.5. The summed E-state index contributed by atoms with van der Waals surface area (Å²) in [6.45, 7) is 4.74. The molecule has 0 bridgehead atoms. The highest BCUT2D eigenvalue weighted by Gasteiger charge is 2.47. The van der Waals surface area contributed by atoms with Gasteiger partial charge in [0, 0.05) is 23.7 Å². The van der Waals surface area contributed by atoms with Crippen LogP contribution in [0.2, 0.25) is 5.02 Å². The second-order valence-electron chi connectivity index (χ2n) is 8.33. The Morgan fingerprint density at radius 2 is 1.97 bits per heavy atom. The van der Waals surface area contributed by atoms with Crippen LogP contribution < -0.4 is 4.74 Å². The molecule has 168 valence electrons. The number of ketones is 1. The lowest BCUT2D eigenvalue weighted by molar-refractivity contribution is -0.140. The Morgan fingerprint density at radius 1 is 1.22 bits per heavy atom. The monoisotopic (exact) mass is 455 g/mol. The number of likely N-dealkylation sites (tertiary alicyclic amines) is 1. The molecule has 2 aliphatic rings. The van der Waals surface area contributed by atoms with E-state index in [0.717, 1.165) is 12.8 Å². The van der Waals surface area contributed by atoms with Crippen LogP contribution in [-0.2, 0) is 14.3 Å². The number of hydrogen-bond acceptors (Lipinski definition) is 5. The van der Waals surface area contributed by atoms with E-state index >= 15 is 0 Å². The summed E-state index contributed by atoms with van der Waals surface area (Å²) >= 11 is 6.06. The van der Waals surface area contributed by atoms with Gasteiger partial charge in [-0.05, 0) is 56.5 Å². The molecular formula is C25H26ClNO5. The molecule has 2 saturated heterocycles. The van der Waals surface area contributed by atoms with E-state index in [1.165, 1.54) is 4.90 Å². The van der Waals surface area contributed by atoms with Gasteiger partial charge >= 0.3 is 0 Å². The Kier molecular flexibility index (Phi) is 6.53. The number of carbonyl (C=O) groups excluding carboxylic acids is 2. The second kappa shape index (κ2) is 9.35. The molecule has 7 heteroatoms. The highest BCUT2D eigenvalue weighted by molar-refractivity contribution is 6.46. The molecule has 32 heavy (non-hydrogen) atoms. The second-order valence-corrected chi connectivity index (χ2v) is 8.77. The van der Waals surface area contributed by atoms with Crippen LogP contribution in [-0.4, -0.2) is 47.1 Å². The smallest absolute Gasteiger partial charge is 0.295 e. The zero-order chi connectivity index (χ0) is 22.8. The van der Waals surface area contributed by atoms with Crippen molar-refractivity contribution in [1.29, 1.82) is 0 Å². The van der Waals surface area contributed by atoms with Crippen molar-refractivity contribution in [2.24, 2.45) is 0 Å². The van der Waals surface area contributed by atoms with E-state index in [4.69, 9.17) is 21.1 Å². The molecule has 4 rings (SSSR count). The molecule has 0 radical (unpaired) electrons. The SMILES string of the molecule is CC(C)Oc1cccc(/C(O)=C2/C(=O)C(=O)N(CC3CCCO3)C2c2ccc(Cl)cc2)c1. The van der Waals surface area contributed by atoms with Gasteiger partial charge in [0.25, 0.3) is 11.7 Å². The third-order valence-electron chi connectivity index (χ3n) is 5.63. The number of halogens is 1. The summed E-state index contributed by atoms with van der Waals surface area (Å²) in [5.41, 5.74) is 1.16. The normalized spacial score (nSPS) is 22.7. The fourth-order valence-electron chi connectivity index (χ4n) is 4.21. The molecule has 1 amide bonds. The van der Waals surface area contributed by atoms with Crippen molar-refractivity contribution in [2.75, 3.05) is 13.2 Å². The lowest BCUT2D eigenvalue weighted by Crippen LogP contribution is -2.36. The van der Waals surface area contributed by atoms with Crippen LogP contribution in [0.1, 0.15) is 43.9 Å². The number of Topliss-reactive ketones (excluding diaryl/α,β-unsaturated/α-hetero) is 1. The van der Waals surface area contributed by atoms with Gasteiger partial charge in [-0.3, -0.25) is 9.59 Å². The van der Waals surface area contributed by atoms with Gasteiger partial charge in [0.05, 0.1) is 23.8 Å². The van der Waals surface area contributed by atoms with E-state index in [9.17, 15) is 14.7 Å². The quantitative estimate of drug-likeness (QED) is 0.387. The molecule has 2 unspecified atom stereocenters. The average Bonchev–Trinajstić information content (AvgIpc) is 3.36. The molecule has 0 aliphatic carbocycles. The summed E-state index contributed by atoms with van der Waals surface area (Å²) < 4.78 is 11.4. The van der Waals surface area contributed by atoms with Gasteiger partial charge in [-0.25, -0.2) is 0 Å². The van der Waals surface area contributed by atoms with Crippen molar-refractivity contribution in [3.63, 3.8) is 0 Å². The highest BCUT2D eigenvalue weighted by Crippen LogP contribution is 2.40. The van der Waals surface area contributed by atoms with Gasteiger partial charge in [0.15, 0.2) is 0 Å². The van der Waals surface area contributed by atoms with Gasteiger partial charge in [-0.1, -0.05) is 35.9 Å². The first kappa shape index (κ1) is 22.4. The van der Waals surface area contributed by atoms with Crippen molar-refractivity contribution in [1.82, 2.24) is 4.90 Å². The van der Waals surface area contributed by atoms with Gasteiger partial charge in [0.1, 0.15) is 11.5 Å². The van der Waals surface area contributed by atoms with E-state index in [-0.39, 0.29) is 30.1 Å². The van der Waals surface area contributed by atoms with Crippen molar-refractivity contribution in [3.8, 4) is 5.75 Å². The average molecular weight is 456 g/mol. The molecule has 2 aromatic carbocycles. The van der Waals surface area contributed by atoms with Crippen LogP contribution in [0, 0.1) is 0 Å². The zero-order valence-electron chi connectivity index (χ0n) is 18.1. The maximum absolute atomic E-state index is 13.1. The number of hydrogen-bond donors (Lipinski definition) is 1. The van der Waals surface area contributed by atoms with Crippen LogP contribution in [0.5, 0.6) is 5.75 Å². The maximum atomic E-state index is 13.1. The molecular weight excluding hydrogens is 430 g/mol. The number of rotatable bonds is 6. The number of nitrogens with zero attached hydrogens (tertiary/aromatic N) is 1. The minimum atomic E-state index is -0.730. The van der Waals surface area contributed by atoms with Crippen LogP contribution in [0.25, 0.3) is 5.76 Å². The maximum Gasteiger partial charge on any atom is 0.295 e. The molecule has 2 aliphatic heterocycles. The first-order valence-corrected chi connectivity index (χ1v) is 11.2. The van der Waals surface area contributed by atoms with E-state index < -0.39 is 17.7 Å². The fraction of sp³-hybridized carbons (Fsp3) is 0.360. The van der Waals surface area contributed by atoms with Crippen molar-refractivity contribution in [3.05, 3.63) is 70.3 Å². The Hall–Kier alpha value is -2.83. The van der Waals surface area contributed by atoms with E-state index in [0.29, 0.717) is 28.5 Å². The Bertz CT molecular complexity index is 1040. The number of benzene rings is 2. The molecule has 1 N–H and O–H groups in total. The van der Waals surface area contributed by atoms with Crippen molar-refractivity contribution in [2.45, 2.75) is 44.9 Å². The number of aliphatic hydroxyl groups is 1. The molecule has 2 aromatic rings. The Labute approximate surface area is 192 Å². The van der Waals surface area contributed by atoms with Gasteiger partial charge in [0.2, 0.25) is 0 Å². The first-order chi connectivity index (χ1) is 15.3. The fourth-order valence-corrected chi connectivity index (χ4v) is 4.34. The van der Waals surface area contributed by atoms with Crippen molar-refractivity contribution < 1.29 is 24.2 Å². The van der Waals surface area contributed by atoms with E-state index in [1.54, 1.807) is 48.5 Å². The van der Waals surface area contributed by atoms with Crippen molar-refractivity contribution >= 4 is 29.1 Å². The third kappa shape index (κ3) is 4.52. The molecule has 2 heterocycles. The largest absolute Gasteiger partial charge is 0.507 e. The first-order valence-electron chi connectivity index (χ1n) is 10.8. The number of ether oxygens (including phenoxy) is 2. The van der Waals surface area contributed by atoms with Crippen LogP contribution in [0.4, 0.5) is 0 Å². The molecule has 0 spiro atoms. The zero-order valence-corrected chi connectivity index (χ0v) is 18.8. The standard InChI is InChI=1S/C25H26ClNO5/c1-15(2)32-19-6-3-5-17(13-19)23(28)21-22(16-8-10-18(26)11-9-16)27(25(30)24(21)29)14-20-7-4-12-31-20/h3,5-6,8-11,13,15,20,22,28H,4,7,12,14H2,1-2H3/b23-21-. The lowest BCUT2D eigenvalue weighted by atomic mass is 9.95. The lowest BCUT2D eigenvalue weighted by Gasteiger charge is -2.27. The number of aliphatic hydroxyl groups excluding tert-OH is 1. The summed E-state index contributed by atoms with van der Waals surface area (Å²) in [4.78, 5) is 27.6. The Morgan fingerprint density at radius 3 is 2.62 bits per heavy atom.